The predicted molar refractivity (Wildman–Crippen MR) is 315 cm³/mol. The van der Waals surface area contributed by atoms with Crippen molar-refractivity contribution in [2.45, 2.75) is 140 Å². The zero-order valence-corrected chi connectivity index (χ0v) is 48.8. The van der Waals surface area contributed by atoms with E-state index in [4.69, 9.17) is 30.6 Å². The SMILES string of the molecule is C#Cc1c(F)ccc2cccc(-c3ncc4c(N5CC6CCC(C5)N6C(=O)OC(C)(C)C)nc(OC[C@@]56CCCN5[C@H](COC(=O)N5CCC(C7CCN(Cc8cccc9c8n(C)c(=O)n9C8CCC(=O)NC8=O)CC7)CC5)CC6)nc4c3F)c12. The molecule has 0 aliphatic carbocycles. The van der Waals surface area contributed by atoms with Gasteiger partial charge in [-0.3, -0.25) is 43.7 Å². The molecule has 10 heterocycles. The van der Waals surface area contributed by atoms with E-state index in [1.807, 2.05) is 42.7 Å². The van der Waals surface area contributed by atoms with Gasteiger partial charge in [0.25, 0.3) is 0 Å². The Bertz CT molecular complexity index is 3750. The lowest BCUT2D eigenvalue weighted by atomic mass is 9.79. The molecule has 85 heavy (non-hydrogen) atoms. The number of anilines is 1. The number of halogens is 2. The van der Waals surface area contributed by atoms with Gasteiger partial charge in [0.2, 0.25) is 11.8 Å². The molecule has 7 aliphatic heterocycles. The number of rotatable bonds is 11. The summed E-state index contributed by atoms with van der Waals surface area (Å²) in [7, 11) is 1.75. The molecule has 446 valence electrons. The molecule has 6 aromatic rings. The first-order chi connectivity index (χ1) is 41.0. The molecule has 19 nitrogen and oxygen atoms in total. The number of piperidine rings is 3. The third-order valence-electron chi connectivity index (χ3n) is 19.5. The molecular weight excluding hydrogens is 1090 g/mol. The highest BCUT2D eigenvalue weighted by Gasteiger charge is 2.51. The smallest absolute Gasteiger partial charge is 0.410 e. The summed E-state index contributed by atoms with van der Waals surface area (Å²) in [4.78, 5) is 90.6. The van der Waals surface area contributed by atoms with Crippen molar-refractivity contribution in [2.24, 2.45) is 18.9 Å². The first-order valence-electron chi connectivity index (χ1n) is 30.3. The summed E-state index contributed by atoms with van der Waals surface area (Å²) < 4.78 is 54.5. The molecule has 13 rings (SSSR count). The van der Waals surface area contributed by atoms with Gasteiger partial charge in [0, 0.05) is 69.4 Å². The number of hydrogen-bond donors (Lipinski definition) is 1. The average molecular weight is 1160 g/mol. The van der Waals surface area contributed by atoms with Gasteiger partial charge in [-0.2, -0.15) is 9.97 Å². The Kier molecular flexibility index (Phi) is 14.8. The molecule has 0 saturated carbocycles. The van der Waals surface area contributed by atoms with Gasteiger partial charge in [0.1, 0.15) is 47.7 Å². The number of imidazole rings is 1. The number of amides is 4. The van der Waals surface area contributed by atoms with Gasteiger partial charge in [0.15, 0.2) is 5.82 Å². The van der Waals surface area contributed by atoms with Crippen molar-refractivity contribution in [1.82, 2.24) is 49.0 Å². The van der Waals surface area contributed by atoms with Crippen LogP contribution in [-0.4, -0.2) is 156 Å². The number of aromatic nitrogens is 5. The van der Waals surface area contributed by atoms with Crippen molar-refractivity contribution in [1.29, 1.82) is 0 Å². The van der Waals surface area contributed by atoms with Crippen molar-refractivity contribution in [2.75, 3.05) is 63.9 Å². The largest absolute Gasteiger partial charge is 0.461 e. The number of carbonyl (C=O) groups is 4. The summed E-state index contributed by atoms with van der Waals surface area (Å²) in [5, 5.41) is 3.77. The van der Waals surface area contributed by atoms with Crippen molar-refractivity contribution in [3.8, 4) is 29.6 Å². The summed E-state index contributed by atoms with van der Waals surface area (Å²) in [6.07, 6.45) is 16.1. The summed E-state index contributed by atoms with van der Waals surface area (Å²) in [6, 6.07) is 13.0. The Labute approximate surface area is 491 Å². The summed E-state index contributed by atoms with van der Waals surface area (Å²) >= 11 is 0. The Balaban J connectivity index is 0.652. The number of benzene rings is 3. The second-order valence-corrected chi connectivity index (χ2v) is 25.6. The van der Waals surface area contributed by atoms with E-state index in [1.54, 1.807) is 46.6 Å². The maximum absolute atomic E-state index is 17.5. The van der Waals surface area contributed by atoms with E-state index in [1.165, 1.54) is 6.07 Å². The third-order valence-corrected chi connectivity index (χ3v) is 19.5. The van der Waals surface area contributed by atoms with Gasteiger partial charge in [-0.05, 0) is 146 Å². The first kappa shape index (κ1) is 56.4. The summed E-state index contributed by atoms with van der Waals surface area (Å²) in [5.41, 5.74) is 1.53. The van der Waals surface area contributed by atoms with E-state index >= 15 is 8.78 Å². The van der Waals surface area contributed by atoms with Crippen LogP contribution in [0.15, 0.2) is 59.5 Å². The van der Waals surface area contributed by atoms with Crippen molar-refractivity contribution < 1.29 is 42.2 Å². The van der Waals surface area contributed by atoms with E-state index in [-0.39, 0.29) is 89.9 Å². The topological polar surface area (TPSA) is 190 Å². The molecule has 0 radical (unpaired) electrons. The highest BCUT2D eigenvalue weighted by molar-refractivity contribution is 6.02. The molecule has 21 heteroatoms. The van der Waals surface area contributed by atoms with Crippen LogP contribution in [0.3, 0.4) is 0 Å². The quantitative estimate of drug-likeness (QED) is 0.0961. The van der Waals surface area contributed by atoms with Crippen LogP contribution in [0.5, 0.6) is 6.01 Å². The Hall–Kier alpha value is -7.70. The molecular formula is C64H73F2N11O8. The number of hydrogen-bond acceptors (Lipinski definition) is 14. The molecule has 3 aromatic heterocycles. The van der Waals surface area contributed by atoms with Crippen LogP contribution >= 0.6 is 0 Å². The number of carbonyl (C=O) groups excluding carboxylic acids is 4. The number of nitrogens with one attached hydrogen (secondary N) is 1. The van der Waals surface area contributed by atoms with E-state index in [0.717, 1.165) is 94.9 Å². The zero-order valence-electron chi connectivity index (χ0n) is 48.8. The number of nitrogens with zero attached hydrogens (tertiary/aromatic N) is 10. The molecule has 5 atom stereocenters. The van der Waals surface area contributed by atoms with Crippen molar-refractivity contribution in [3.05, 3.63) is 88.0 Å². The second kappa shape index (κ2) is 22.3. The van der Waals surface area contributed by atoms with Gasteiger partial charge in [-0.15, -0.1) is 6.42 Å². The third kappa shape index (κ3) is 10.4. The van der Waals surface area contributed by atoms with Gasteiger partial charge in [0.05, 0.1) is 39.6 Å². The number of fused-ring (bicyclic) bond motifs is 6. The van der Waals surface area contributed by atoms with Crippen molar-refractivity contribution >= 4 is 62.5 Å². The van der Waals surface area contributed by atoms with Crippen molar-refractivity contribution in [3.63, 3.8) is 0 Å². The van der Waals surface area contributed by atoms with E-state index in [2.05, 4.69) is 37.0 Å². The normalized spacial score (nSPS) is 24.4. The number of terminal acetylenes is 1. The van der Waals surface area contributed by atoms with Crippen LogP contribution < -0.4 is 20.6 Å². The molecule has 7 fully saturated rings. The predicted octanol–water partition coefficient (Wildman–Crippen LogP) is 8.46. The van der Waals surface area contributed by atoms with Crippen LogP contribution in [0.4, 0.5) is 24.2 Å². The Morgan fingerprint density at radius 1 is 0.859 bits per heavy atom. The number of ether oxygens (including phenoxy) is 3. The highest BCUT2D eigenvalue weighted by Crippen LogP contribution is 2.45. The fourth-order valence-corrected chi connectivity index (χ4v) is 15.4. The number of imide groups is 1. The Morgan fingerprint density at radius 2 is 1.60 bits per heavy atom. The summed E-state index contributed by atoms with van der Waals surface area (Å²) in [6.45, 7) is 11.5. The minimum atomic E-state index is -0.727. The Morgan fingerprint density at radius 3 is 2.33 bits per heavy atom. The lowest BCUT2D eigenvalue weighted by Gasteiger charge is -2.42. The number of aryl methyl sites for hydroxylation is 1. The minimum absolute atomic E-state index is 0.00207. The van der Waals surface area contributed by atoms with E-state index < -0.39 is 29.2 Å². The molecule has 0 spiro atoms. The monoisotopic (exact) mass is 1160 g/mol. The number of piperazine rings is 1. The molecule has 3 unspecified atom stereocenters. The number of pyridine rings is 1. The van der Waals surface area contributed by atoms with E-state index in [9.17, 15) is 24.0 Å². The van der Waals surface area contributed by atoms with Crippen LogP contribution in [0.1, 0.15) is 115 Å². The zero-order chi connectivity index (χ0) is 59.1. The van der Waals surface area contributed by atoms with Crippen LogP contribution in [0.25, 0.3) is 44.0 Å². The van der Waals surface area contributed by atoms with E-state index in [0.29, 0.717) is 84.0 Å². The molecule has 7 aliphatic rings. The van der Waals surface area contributed by atoms with Gasteiger partial charge >= 0.3 is 23.9 Å². The molecule has 3 aromatic carbocycles. The average Bonchev–Trinajstić information content (AvgIpc) is 2.23. The maximum atomic E-state index is 17.5. The van der Waals surface area contributed by atoms with Crippen LogP contribution in [0, 0.1) is 35.8 Å². The molecule has 1 N–H and O–H groups in total. The number of likely N-dealkylation sites (tertiary alicyclic amines) is 2. The molecule has 7 saturated heterocycles. The van der Waals surface area contributed by atoms with Crippen LogP contribution in [0.2, 0.25) is 0 Å². The summed E-state index contributed by atoms with van der Waals surface area (Å²) in [5.74, 6) is 1.89. The lowest BCUT2D eigenvalue weighted by Crippen LogP contribution is -2.57. The fraction of sp³-hybridized carbons (Fsp3) is 0.531. The minimum Gasteiger partial charge on any atom is -0.461 e. The van der Waals surface area contributed by atoms with Crippen LogP contribution in [-0.2, 0) is 32.7 Å². The number of para-hydroxylation sites is 1. The standard InChI is InChI=1S/C64H73F2N11O8/c1-6-45-48(65)17-14-40-10-7-12-46(52(40)45)54-53(66)55-47(32-67-54)57(74-34-42-15-16-43(35-74)76(42)62(82)85-63(2,3)4)70-59(69-55)84-37-64-25-9-27-75(64)44(20-26-64)36-83-61(81)73-30-23-39(24-31-73)38-21-28-72(29-22-38)33-41-11-8-13-49-56(41)71(5)60(80)77(49)50-18-19-51(78)68-58(50)79/h1,7-8,10-14,17,32,38-39,42-44,50H,9,15-16,18-31,33-37H2,2-5H3,(H,68,78,79)/t42?,43?,44-,50?,64-/m0/s1. The first-order valence-corrected chi connectivity index (χ1v) is 30.3. The molecule has 2 bridgehead atoms. The van der Waals surface area contributed by atoms with Gasteiger partial charge in [-0.25, -0.2) is 23.2 Å². The fourth-order valence-electron chi connectivity index (χ4n) is 15.4. The lowest BCUT2D eigenvalue weighted by molar-refractivity contribution is -0.135. The maximum Gasteiger partial charge on any atom is 0.410 e. The highest BCUT2D eigenvalue weighted by atomic mass is 19.1. The molecule has 4 amide bonds. The van der Waals surface area contributed by atoms with Gasteiger partial charge in [-0.1, -0.05) is 42.3 Å². The second-order valence-electron chi connectivity index (χ2n) is 25.6. The van der Waals surface area contributed by atoms with Gasteiger partial charge < -0.3 is 24.0 Å².